The van der Waals surface area contributed by atoms with E-state index in [1.165, 1.54) is 0 Å². The van der Waals surface area contributed by atoms with Gasteiger partial charge in [0, 0.05) is 37.9 Å². The molecule has 5 rings (SSSR count). The van der Waals surface area contributed by atoms with E-state index >= 15 is 0 Å². The first kappa shape index (κ1) is 19.1. The fourth-order valence-corrected chi connectivity index (χ4v) is 4.77. The van der Waals surface area contributed by atoms with Gasteiger partial charge >= 0.3 is 0 Å². The van der Waals surface area contributed by atoms with Gasteiger partial charge in [-0.2, -0.15) is 5.10 Å². The number of fused-ring (bicyclic) bond motifs is 2. The minimum Gasteiger partial charge on any atom is -0.342 e. The van der Waals surface area contributed by atoms with E-state index in [1.807, 2.05) is 46.0 Å². The second-order valence-corrected chi connectivity index (χ2v) is 8.39. The third kappa shape index (κ3) is 3.35. The number of para-hydroxylation sites is 2. The van der Waals surface area contributed by atoms with Crippen molar-refractivity contribution >= 4 is 39.4 Å². The van der Waals surface area contributed by atoms with Crippen molar-refractivity contribution in [1.29, 1.82) is 0 Å². The molecule has 2 aromatic heterocycles. The first-order valence-electron chi connectivity index (χ1n) is 10.4. The number of piperidine rings is 1. The molecule has 0 bridgehead atoms. The Labute approximate surface area is 180 Å². The van der Waals surface area contributed by atoms with Crippen LogP contribution < -0.4 is 0 Å². The molecule has 7 heteroatoms. The number of carbonyl (C=O) groups excluding carboxylic acids is 1. The maximum absolute atomic E-state index is 13.0. The molecule has 30 heavy (non-hydrogen) atoms. The molecular formula is C23H24ClN5O. The molecule has 2 aromatic carbocycles. The Morgan fingerprint density at radius 1 is 1.17 bits per heavy atom. The zero-order chi connectivity index (χ0) is 20.7. The Morgan fingerprint density at radius 2 is 2.00 bits per heavy atom. The van der Waals surface area contributed by atoms with Crippen molar-refractivity contribution in [2.24, 2.45) is 7.05 Å². The van der Waals surface area contributed by atoms with E-state index in [4.69, 9.17) is 16.6 Å². The van der Waals surface area contributed by atoms with Gasteiger partial charge in [-0.3, -0.25) is 9.48 Å². The molecule has 0 radical (unpaired) electrons. The lowest BCUT2D eigenvalue weighted by Gasteiger charge is -2.32. The molecule has 1 aliphatic rings. The first-order chi connectivity index (χ1) is 14.6. The molecule has 1 amide bonds. The van der Waals surface area contributed by atoms with Gasteiger partial charge < -0.3 is 9.47 Å². The summed E-state index contributed by atoms with van der Waals surface area (Å²) in [5.74, 6) is 1.51. The van der Waals surface area contributed by atoms with Crippen LogP contribution in [0, 0.1) is 0 Å². The third-order valence-electron chi connectivity index (χ3n) is 6.13. The number of halogens is 1. The number of hydrogen-bond donors (Lipinski definition) is 0. The number of aromatic nitrogens is 4. The largest absolute Gasteiger partial charge is 0.342 e. The van der Waals surface area contributed by atoms with Crippen molar-refractivity contribution in [2.45, 2.75) is 31.7 Å². The van der Waals surface area contributed by atoms with E-state index in [1.54, 1.807) is 6.20 Å². The molecule has 0 saturated carbocycles. The third-order valence-corrected chi connectivity index (χ3v) is 6.46. The average Bonchev–Trinajstić information content (AvgIpc) is 3.34. The highest BCUT2D eigenvalue weighted by Crippen LogP contribution is 2.29. The van der Waals surface area contributed by atoms with Crippen LogP contribution in [0.1, 0.15) is 31.0 Å². The lowest BCUT2D eigenvalue weighted by atomic mass is 9.97. The van der Waals surface area contributed by atoms with Crippen molar-refractivity contribution < 1.29 is 4.79 Å². The Balaban J connectivity index is 1.29. The Hall–Kier alpha value is -2.86. The number of aryl methyl sites for hydroxylation is 2. The molecule has 1 aliphatic heterocycles. The van der Waals surface area contributed by atoms with E-state index in [9.17, 15) is 4.79 Å². The van der Waals surface area contributed by atoms with Crippen LogP contribution >= 0.6 is 11.6 Å². The van der Waals surface area contributed by atoms with Gasteiger partial charge in [0.15, 0.2) is 0 Å². The molecular weight excluding hydrogens is 398 g/mol. The predicted octanol–water partition coefficient (Wildman–Crippen LogP) is 4.37. The molecule has 6 nitrogen and oxygen atoms in total. The van der Waals surface area contributed by atoms with Crippen LogP contribution in [0.15, 0.2) is 48.7 Å². The second kappa shape index (κ2) is 7.76. The van der Waals surface area contributed by atoms with Crippen molar-refractivity contribution in [1.82, 2.24) is 24.2 Å². The summed E-state index contributed by atoms with van der Waals surface area (Å²) in [4.78, 5) is 19.8. The summed E-state index contributed by atoms with van der Waals surface area (Å²) in [6.45, 7) is 2.09. The highest BCUT2D eigenvalue weighted by Gasteiger charge is 2.27. The van der Waals surface area contributed by atoms with Gasteiger partial charge in [0.2, 0.25) is 5.91 Å². The predicted molar refractivity (Wildman–Crippen MR) is 119 cm³/mol. The summed E-state index contributed by atoms with van der Waals surface area (Å²) < 4.78 is 4.04. The van der Waals surface area contributed by atoms with Crippen LogP contribution in [0.3, 0.4) is 0 Å². The van der Waals surface area contributed by atoms with E-state index in [2.05, 4.69) is 22.8 Å². The molecule has 1 atom stereocenters. The van der Waals surface area contributed by atoms with E-state index in [-0.39, 0.29) is 11.8 Å². The SMILES string of the molecule is Cn1c(C2CCCN(C(=O)CCn3ncc4c(Cl)cccc43)C2)nc2ccccc21. The minimum atomic E-state index is 0.171. The van der Waals surface area contributed by atoms with Gasteiger partial charge in [-0.25, -0.2) is 4.98 Å². The molecule has 1 unspecified atom stereocenters. The number of benzene rings is 2. The molecule has 0 aliphatic carbocycles. The van der Waals surface area contributed by atoms with Gasteiger partial charge in [-0.1, -0.05) is 29.8 Å². The lowest BCUT2D eigenvalue weighted by Crippen LogP contribution is -2.40. The van der Waals surface area contributed by atoms with E-state index in [0.717, 1.165) is 53.7 Å². The van der Waals surface area contributed by atoms with Crippen LogP contribution in [0.25, 0.3) is 21.9 Å². The number of nitrogens with zero attached hydrogens (tertiary/aromatic N) is 5. The topological polar surface area (TPSA) is 56.0 Å². The maximum Gasteiger partial charge on any atom is 0.224 e. The number of amides is 1. The van der Waals surface area contributed by atoms with Crippen LogP contribution in [-0.4, -0.2) is 43.2 Å². The molecule has 1 saturated heterocycles. The Morgan fingerprint density at radius 3 is 2.87 bits per heavy atom. The Bertz CT molecular complexity index is 1230. The number of rotatable bonds is 4. The molecule has 3 heterocycles. The minimum absolute atomic E-state index is 0.171. The van der Waals surface area contributed by atoms with Gasteiger partial charge in [0.25, 0.3) is 0 Å². The summed E-state index contributed by atoms with van der Waals surface area (Å²) in [7, 11) is 2.07. The zero-order valence-electron chi connectivity index (χ0n) is 17.0. The summed E-state index contributed by atoms with van der Waals surface area (Å²) >= 11 is 6.23. The smallest absolute Gasteiger partial charge is 0.224 e. The Kier molecular flexibility index (Phi) is 4.95. The first-order valence-corrected chi connectivity index (χ1v) is 10.8. The average molecular weight is 422 g/mol. The van der Waals surface area contributed by atoms with Crippen LogP contribution in [0.2, 0.25) is 5.02 Å². The molecule has 0 N–H and O–H groups in total. The number of imidazole rings is 1. The van der Waals surface area contributed by atoms with Crippen LogP contribution in [0.4, 0.5) is 0 Å². The quantitative estimate of drug-likeness (QED) is 0.491. The van der Waals surface area contributed by atoms with Crippen molar-refractivity contribution in [3.63, 3.8) is 0 Å². The summed E-state index contributed by atoms with van der Waals surface area (Å²) in [5.41, 5.74) is 3.12. The van der Waals surface area contributed by atoms with Gasteiger partial charge in [-0.05, 0) is 37.1 Å². The molecule has 1 fully saturated rings. The van der Waals surface area contributed by atoms with Gasteiger partial charge in [0.1, 0.15) is 5.82 Å². The van der Waals surface area contributed by atoms with E-state index in [0.29, 0.717) is 18.0 Å². The van der Waals surface area contributed by atoms with Crippen LogP contribution in [0.5, 0.6) is 0 Å². The lowest BCUT2D eigenvalue weighted by molar-refractivity contribution is -0.132. The standard InChI is InChI=1S/C23H24ClN5O/c1-27-21-9-3-2-8-19(21)26-23(27)16-6-5-12-28(15-16)22(30)11-13-29-20-10-4-7-18(24)17(20)14-25-29/h2-4,7-10,14,16H,5-6,11-13,15H2,1H3. The normalized spacial score (nSPS) is 17.1. The monoisotopic (exact) mass is 421 g/mol. The van der Waals surface area contributed by atoms with E-state index < -0.39 is 0 Å². The summed E-state index contributed by atoms with van der Waals surface area (Å²) in [5, 5.41) is 6.03. The van der Waals surface area contributed by atoms with Crippen molar-refractivity contribution in [2.75, 3.05) is 13.1 Å². The zero-order valence-corrected chi connectivity index (χ0v) is 17.7. The summed E-state index contributed by atoms with van der Waals surface area (Å²) in [6.07, 6.45) is 4.26. The van der Waals surface area contributed by atoms with Crippen molar-refractivity contribution in [3.8, 4) is 0 Å². The second-order valence-electron chi connectivity index (χ2n) is 7.99. The fraction of sp³-hybridized carbons (Fsp3) is 0.348. The van der Waals surface area contributed by atoms with Crippen LogP contribution in [-0.2, 0) is 18.4 Å². The van der Waals surface area contributed by atoms with Crippen molar-refractivity contribution in [3.05, 3.63) is 59.5 Å². The maximum atomic E-state index is 13.0. The highest BCUT2D eigenvalue weighted by atomic mass is 35.5. The summed E-state index contributed by atoms with van der Waals surface area (Å²) in [6, 6.07) is 14.0. The number of carbonyl (C=O) groups is 1. The number of hydrogen-bond acceptors (Lipinski definition) is 3. The number of likely N-dealkylation sites (tertiary alicyclic amines) is 1. The highest BCUT2D eigenvalue weighted by molar-refractivity contribution is 6.35. The van der Waals surface area contributed by atoms with Gasteiger partial charge in [-0.15, -0.1) is 0 Å². The molecule has 4 aromatic rings. The molecule has 0 spiro atoms. The fourth-order valence-electron chi connectivity index (χ4n) is 4.55. The van der Waals surface area contributed by atoms with Gasteiger partial charge in [0.05, 0.1) is 34.3 Å². The molecule has 154 valence electrons.